The number of ether oxygens (including phenoxy) is 1. The summed E-state index contributed by atoms with van der Waals surface area (Å²) in [7, 11) is 0. The summed E-state index contributed by atoms with van der Waals surface area (Å²) in [5, 5.41) is 2.66. The summed E-state index contributed by atoms with van der Waals surface area (Å²) < 4.78 is 45.8. The number of hydrogen-bond donors (Lipinski definition) is 1. The number of nitrogens with one attached hydrogen (secondary N) is 1. The molecule has 0 spiro atoms. The third-order valence-corrected chi connectivity index (χ3v) is 4.19. The highest BCUT2D eigenvalue weighted by Gasteiger charge is 2.31. The SMILES string of the molecule is CCc1ccccc1NC(=O)OCc1ccc(C(F)(F)F)cc1-n1ccnc1. The zero-order valence-corrected chi connectivity index (χ0v) is 15.0. The van der Waals surface area contributed by atoms with E-state index in [1.54, 1.807) is 12.1 Å². The maximum Gasteiger partial charge on any atom is 0.416 e. The van der Waals surface area contributed by atoms with Crippen molar-refractivity contribution in [1.82, 2.24) is 9.55 Å². The van der Waals surface area contributed by atoms with E-state index < -0.39 is 17.8 Å². The number of para-hydroxylation sites is 1. The van der Waals surface area contributed by atoms with E-state index in [9.17, 15) is 18.0 Å². The standard InChI is InChI=1S/C20H18F3N3O2/c1-2-14-5-3-4-6-17(14)25-19(27)28-12-15-7-8-16(20(21,22)23)11-18(15)26-10-9-24-13-26/h3-11,13H,2,12H2,1H3,(H,25,27). The number of imidazole rings is 1. The summed E-state index contributed by atoms with van der Waals surface area (Å²) in [6.45, 7) is 1.78. The number of anilines is 1. The number of nitrogens with zero attached hydrogens (tertiary/aromatic N) is 2. The van der Waals surface area contributed by atoms with E-state index in [1.807, 2.05) is 19.1 Å². The highest BCUT2D eigenvalue weighted by atomic mass is 19.4. The maximum absolute atomic E-state index is 13.0. The second kappa shape index (κ2) is 8.16. The molecular weight excluding hydrogens is 371 g/mol. The van der Waals surface area contributed by atoms with Gasteiger partial charge in [-0.25, -0.2) is 9.78 Å². The minimum absolute atomic E-state index is 0.189. The lowest BCUT2D eigenvalue weighted by Crippen LogP contribution is -2.15. The molecule has 3 rings (SSSR count). The third kappa shape index (κ3) is 4.51. The lowest BCUT2D eigenvalue weighted by Gasteiger charge is -2.15. The zero-order valence-electron chi connectivity index (χ0n) is 15.0. The van der Waals surface area contributed by atoms with Gasteiger partial charge >= 0.3 is 12.3 Å². The zero-order chi connectivity index (χ0) is 20.1. The van der Waals surface area contributed by atoms with Gasteiger partial charge in [-0.3, -0.25) is 5.32 Å². The van der Waals surface area contributed by atoms with Crippen LogP contribution in [0.3, 0.4) is 0 Å². The first kappa shape index (κ1) is 19.5. The Balaban J connectivity index is 1.77. The van der Waals surface area contributed by atoms with E-state index in [0.717, 1.165) is 24.1 Å². The predicted molar refractivity (Wildman–Crippen MR) is 98.2 cm³/mol. The molecule has 3 aromatic rings. The molecule has 1 heterocycles. The van der Waals surface area contributed by atoms with Crippen LogP contribution >= 0.6 is 0 Å². The molecule has 0 aliphatic carbocycles. The molecule has 0 aliphatic rings. The van der Waals surface area contributed by atoms with Crippen LogP contribution < -0.4 is 5.32 Å². The van der Waals surface area contributed by atoms with Crippen LogP contribution in [0.1, 0.15) is 23.6 Å². The first-order valence-corrected chi connectivity index (χ1v) is 8.58. The minimum atomic E-state index is -4.48. The summed E-state index contributed by atoms with van der Waals surface area (Å²) in [4.78, 5) is 16.0. The fraction of sp³-hybridized carbons (Fsp3) is 0.200. The Morgan fingerprint density at radius 2 is 1.96 bits per heavy atom. The van der Waals surface area contributed by atoms with Crippen molar-refractivity contribution in [1.29, 1.82) is 0 Å². The number of rotatable bonds is 5. The molecule has 0 unspecified atom stereocenters. The summed E-state index contributed by atoms with van der Waals surface area (Å²) in [6.07, 6.45) is -0.0555. The molecule has 0 fully saturated rings. The predicted octanol–water partition coefficient (Wildman–Crippen LogP) is 5.20. The monoisotopic (exact) mass is 389 g/mol. The fourth-order valence-corrected chi connectivity index (χ4v) is 2.74. The van der Waals surface area contributed by atoms with E-state index in [4.69, 9.17) is 4.74 Å². The Kier molecular flexibility index (Phi) is 5.67. The third-order valence-electron chi connectivity index (χ3n) is 4.19. The molecule has 1 amide bonds. The smallest absolute Gasteiger partial charge is 0.416 e. The quantitative estimate of drug-likeness (QED) is 0.652. The van der Waals surface area contributed by atoms with Gasteiger partial charge in [0.1, 0.15) is 6.61 Å². The van der Waals surface area contributed by atoms with Gasteiger partial charge in [0, 0.05) is 23.6 Å². The summed E-state index contributed by atoms with van der Waals surface area (Å²) in [5.74, 6) is 0. The molecule has 1 N–H and O–H groups in total. The van der Waals surface area contributed by atoms with Crippen LogP contribution in [0.4, 0.5) is 23.7 Å². The Morgan fingerprint density at radius 1 is 1.18 bits per heavy atom. The van der Waals surface area contributed by atoms with Crippen LogP contribution in [0.15, 0.2) is 61.2 Å². The number of benzene rings is 2. The van der Waals surface area contributed by atoms with E-state index >= 15 is 0 Å². The average Bonchev–Trinajstić information content (AvgIpc) is 3.20. The lowest BCUT2D eigenvalue weighted by atomic mass is 10.1. The van der Waals surface area contributed by atoms with E-state index in [-0.39, 0.29) is 12.3 Å². The Labute approximate surface area is 159 Å². The van der Waals surface area contributed by atoms with Gasteiger partial charge in [0.15, 0.2) is 0 Å². The number of carbonyl (C=O) groups is 1. The highest BCUT2D eigenvalue weighted by Crippen LogP contribution is 2.32. The van der Waals surface area contributed by atoms with Crippen LogP contribution in [0.5, 0.6) is 0 Å². The molecule has 28 heavy (non-hydrogen) atoms. The van der Waals surface area contributed by atoms with Crippen molar-refractivity contribution in [3.05, 3.63) is 77.9 Å². The van der Waals surface area contributed by atoms with Crippen molar-refractivity contribution < 1.29 is 22.7 Å². The van der Waals surface area contributed by atoms with Crippen LogP contribution in [0.25, 0.3) is 5.69 Å². The van der Waals surface area contributed by atoms with E-state index in [0.29, 0.717) is 11.3 Å². The van der Waals surface area contributed by atoms with Crippen LogP contribution in [-0.2, 0) is 23.9 Å². The van der Waals surface area contributed by atoms with Gasteiger partial charge in [-0.1, -0.05) is 31.2 Å². The van der Waals surface area contributed by atoms with Crippen molar-refractivity contribution in [2.24, 2.45) is 0 Å². The number of halogens is 3. The Bertz CT molecular complexity index is 954. The first-order valence-electron chi connectivity index (χ1n) is 8.58. The first-order chi connectivity index (χ1) is 13.4. The van der Waals surface area contributed by atoms with Gasteiger partial charge in [0.25, 0.3) is 0 Å². The Hall–Kier alpha value is -3.29. The maximum atomic E-state index is 13.0. The van der Waals surface area contributed by atoms with Gasteiger partial charge in [0.05, 0.1) is 17.6 Å². The van der Waals surface area contributed by atoms with E-state index in [1.165, 1.54) is 29.4 Å². The molecule has 8 heteroatoms. The number of aromatic nitrogens is 2. The Morgan fingerprint density at radius 3 is 2.64 bits per heavy atom. The van der Waals surface area contributed by atoms with Gasteiger partial charge < -0.3 is 9.30 Å². The second-order valence-corrected chi connectivity index (χ2v) is 6.02. The number of hydrogen-bond acceptors (Lipinski definition) is 3. The van der Waals surface area contributed by atoms with Crippen molar-refractivity contribution in [3.8, 4) is 5.69 Å². The molecule has 0 saturated heterocycles. The van der Waals surface area contributed by atoms with Crippen molar-refractivity contribution in [2.45, 2.75) is 26.1 Å². The molecule has 2 aromatic carbocycles. The van der Waals surface area contributed by atoms with Crippen LogP contribution in [0.2, 0.25) is 0 Å². The summed E-state index contributed by atoms with van der Waals surface area (Å²) in [6, 6.07) is 10.6. The van der Waals surface area contributed by atoms with Crippen LogP contribution in [0, 0.1) is 0 Å². The summed E-state index contributed by atoms with van der Waals surface area (Å²) in [5.41, 5.74) is 1.46. The molecule has 1 aromatic heterocycles. The molecule has 146 valence electrons. The summed E-state index contributed by atoms with van der Waals surface area (Å²) >= 11 is 0. The molecule has 5 nitrogen and oxygen atoms in total. The molecule has 0 bridgehead atoms. The molecular formula is C20H18F3N3O2. The van der Waals surface area contributed by atoms with Crippen molar-refractivity contribution >= 4 is 11.8 Å². The van der Waals surface area contributed by atoms with Crippen LogP contribution in [-0.4, -0.2) is 15.6 Å². The highest BCUT2D eigenvalue weighted by molar-refractivity contribution is 5.85. The number of carbonyl (C=O) groups excluding carboxylic acids is 1. The number of amides is 1. The molecule has 0 aliphatic heterocycles. The second-order valence-electron chi connectivity index (χ2n) is 6.02. The fourth-order valence-electron chi connectivity index (χ4n) is 2.74. The van der Waals surface area contributed by atoms with Gasteiger partial charge in [-0.2, -0.15) is 13.2 Å². The van der Waals surface area contributed by atoms with Gasteiger partial charge in [0.2, 0.25) is 0 Å². The molecule has 0 radical (unpaired) electrons. The lowest BCUT2D eigenvalue weighted by molar-refractivity contribution is -0.137. The topological polar surface area (TPSA) is 56.1 Å². The minimum Gasteiger partial charge on any atom is -0.444 e. The molecule has 0 atom stereocenters. The normalized spacial score (nSPS) is 11.3. The average molecular weight is 389 g/mol. The van der Waals surface area contributed by atoms with Gasteiger partial charge in [-0.05, 0) is 30.2 Å². The van der Waals surface area contributed by atoms with Crippen molar-refractivity contribution in [3.63, 3.8) is 0 Å². The largest absolute Gasteiger partial charge is 0.444 e. The van der Waals surface area contributed by atoms with E-state index in [2.05, 4.69) is 10.3 Å². The van der Waals surface area contributed by atoms with Crippen molar-refractivity contribution in [2.75, 3.05) is 5.32 Å². The van der Waals surface area contributed by atoms with Gasteiger partial charge in [-0.15, -0.1) is 0 Å². The molecule has 0 saturated carbocycles. The number of aryl methyl sites for hydroxylation is 1. The number of alkyl halides is 3.